The maximum Gasteiger partial charge on any atom is 0.288 e. The third-order valence-corrected chi connectivity index (χ3v) is 4.93. The Labute approximate surface area is 177 Å². The SMILES string of the molecule is CCc1ccc(/C(O)=C(\C(=S)Nc2ccc(OC)cc2)[n+]2cccc(C)c2)cc1. The van der Waals surface area contributed by atoms with Crippen molar-refractivity contribution in [2.75, 3.05) is 12.4 Å². The first-order valence-electron chi connectivity index (χ1n) is 9.48. The average molecular weight is 406 g/mol. The molecule has 0 radical (unpaired) electrons. The second-order valence-corrected chi connectivity index (χ2v) is 7.13. The molecule has 0 amide bonds. The lowest BCUT2D eigenvalue weighted by molar-refractivity contribution is -0.576. The van der Waals surface area contributed by atoms with Gasteiger partial charge in [0.05, 0.1) is 7.11 Å². The minimum Gasteiger partial charge on any atom is -0.502 e. The number of nitrogens with zero attached hydrogens (tertiary/aromatic N) is 1. The van der Waals surface area contributed by atoms with Gasteiger partial charge in [-0.15, -0.1) is 0 Å². The zero-order chi connectivity index (χ0) is 20.8. The highest BCUT2D eigenvalue weighted by atomic mass is 32.1. The molecule has 0 aliphatic rings. The molecule has 0 atom stereocenters. The van der Waals surface area contributed by atoms with Crippen LogP contribution < -0.4 is 14.6 Å². The Kier molecular flexibility index (Phi) is 6.62. The van der Waals surface area contributed by atoms with Crippen LogP contribution in [0.2, 0.25) is 0 Å². The molecular formula is C24H25N2O2S+. The van der Waals surface area contributed by atoms with Gasteiger partial charge in [-0.25, -0.2) is 0 Å². The van der Waals surface area contributed by atoms with E-state index in [1.807, 2.05) is 84.5 Å². The number of thiocarbonyl (C=S) groups is 1. The number of ether oxygens (including phenoxy) is 1. The molecule has 4 nitrogen and oxygen atoms in total. The van der Waals surface area contributed by atoms with Crippen LogP contribution in [0.15, 0.2) is 73.1 Å². The molecule has 29 heavy (non-hydrogen) atoms. The molecule has 2 aromatic carbocycles. The van der Waals surface area contributed by atoms with Gasteiger partial charge in [-0.3, -0.25) is 0 Å². The lowest BCUT2D eigenvalue weighted by atomic mass is 10.1. The molecule has 0 bridgehead atoms. The summed E-state index contributed by atoms with van der Waals surface area (Å²) in [5.74, 6) is 0.887. The second-order valence-electron chi connectivity index (χ2n) is 6.72. The van der Waals surface area contributed by atoms with Gasteiger partial charge in [0.1, 0.15) is 5.75 Å². The fraction of sp³-hybridized carbons (Fsp3) is 0.167. The number of benzene rings is 2. The minimum absolute atomic E-state index is 0.120. The number of rotatable bonds is 6. The number of aliphatic hydroxyl groups excluding tert-OH is 1. The van der Waals surface area contributed by atoms with Gasteiger partial charge >= 0.3 is 0 Å². The quantitative estimate of drug-likeness (QED) is 0.257. The van der Waals surface area contributed by atoms with Crippen LogP contribution in [0.3, 0.4) is 0 Å². The van der Waals surface area contributed by atoms with Crippen molar-refractivity contribution in [2.45, 2.75) is 20.3 Å². The van der Waals surface area contributed by atoms with Gasteiger partial charge < -0.3 is 15.2 Å². The number of nitrogens with one attached hydrogen (secondary N) is 1. The number of hydrogen-bond acceptors (Lipinski definition) is 3. The van der Waals surface area contributed by atoms with Crippen molar-refractivity contribution in [3.8, 4) is 5.75 Å². The first-order chi connectivity index (χ1) is 14.0. The lowest BCUT2D eigenvalue weighted by Crippen LogP contribution is -2.38. The van der Waals surface area contributed by atoms with Crippen LogP contribution in [0.5, 0.6) is 5.75 Å². The molecular weight excluding hydrogens is 380 g/mol. The van der Waals surface area contributed by atoms with Crippen molar-refractivity contribution in [1.29, 1.82) is 0 Å². The highest BCUT2D eigenvalue weighted by Gasteiger charge is 2.24. The zero-order valence-corrected chi connectivity index (χ0v) is 17.7. The number of methoxy groups -OCH3 is 1. The molecule has 3 aromatic rings. The molecule has 0 spiro atoms. The van der Waals surface area contributed by atoms with Crippen molar-refractivity contribution in [2.24, 2.45) is 0 Å². The maximum atomic E-state index is 11.1. The van der Waals surface area contributed by atoms with Gasteiger partial charge in [0, 0.05) is 22.9 Å². The van der Waals surface area contributed by atoms with E-state index in [2.05, 4.69) is 12.2 Å². The maximum absolute atomic E-state index is 11.1. The summed E-state index contributed by atoms with van der Waals surface area (Å²) < 4.78 is 7.05. The Balaban J connectivity index is 2.02. The lowest BCUT2D eigenvalue weighted by Gasteiger charge is -2.11. The second kappa shape index (κ2) is 9.34. The van der Waals surface area contributed by atoms with E-state index < -0.39 is 0 Å². The molecule has 5 heteroatoms. The highest BCUT2D eigenvalue weighted by molar-refractivity contribution is 7.81. The largest absolute Gasteiger partial charge is 0.502 e. The van der Waals surface area contributed by atoms with Crippen molar-refractivity contribution in [1.82, 2.24) is 0 Å². The number of pyridine rings is 1. The third-order valence-electron chi connectivity index (χ3n) is 4.63. The Morgan fingerprint density at radius 2 is 1.76 bits per heavy atom. The molecule has 0 saturated carbocycles. The fourth-order valence-electron chi connectivity index (χ4n) is 2.98. The molecule has 1 heterocycles. The summed E-state index contributed by atoms with van der Waals surface area (Å²) in [5, 5.41) is 14.4. The van der Waals surface area contributed by atoms with Crippen LogP contribution in [-0.2, 0) is 6.42 Å². The van der Waals surface area contributed by atoms with E-state index in [-0.39, 0.29) is 5.76 Å². The van der Waals surface area contributed by atoms with E-state index in [9.17, 15) is 5.11 Å². The van der Waals surface area contributed by atoms with E-state index in [1.165, 1.54) is 5.56 Å². The Morgan fingerprint density at radius 3 is 2.34 bits per heavy atom. The van der Waals surface area contributed by atoms with Crippen molar-refractivity contribution < 1.29 is 14.4 Å². The van der Waals surface area contributed by atoms with Crippen LogP contribution in [0.1, 0.15) is 23.6 Å². The van der Waals surface area contributed by atoms with Gasteiger partial charge in [-0.2, -0.15) is 4.57 Å². The van der Waals surface area contributed by atoms with Crippen LogP contribution in [-0.4, -0.2) is 17.2 Å². The van der Waals surface area contributed by atoms with Crippen LogP contribution >= 0.6 is 12.2 Å². The van der Waals surface area contributed by atoms with E-state index in [0.29, 0.717) is 16.2 Å². The van der Waals surface area contributed by atoms with Gasteiger partial charge in [0.2, 0.25) is 0 Å². The van der Waals surface area contributed by atoms with Crippen molar-refractivity contribution in [3.05, 3.63) is 89.7 Å². The summed E-state index contributed by atoms with van der Waals surface area (Å²) in [5.41, 5.74) is 4.32. The van der Waals surface area contributed by atoms with E-state index in [4.69, 9.17) is 17.0 Å². The van der Waals surface area contributed by atoms with E-state index >= 15 is 0 Å². The zero-order valence-electron chi connectivity index (χ0n) is 16.8. The molecule has 3 rings (SSSR count). The number of aromatic nitrogens is 1. The topological polar surface area (TPSA) is 45.4 Å². The Hall–Kier alpha value is -3.18. The summed E-state index contributed by atoms with van der Waals surface area (Å²) >= 11 is 5.69. The first kappa shape index (κ1) is 20.6. The predicted molar refractivity (Wildman–Crippen MR) is 122 cm³/mol. The average Bonchev–Trinajstić information content (AvgIpc) is 2.74. The smallest absolute Gasteiger partial charge is 0.288 e. The summed E-state index contributed by atoms with van der Waals surface area (Å²) in [6.07, 6.45) is 4.76. The molecule has 0 unspecified atom stereocenters. The number of anilines is 1. The molecule has 2 N–H and O–H groups in total. The standard InChI is InChI=1S/C24H24N2O2S/c1-4-18-7-9-19(10-8-18)23(27)22(26-15-5-6-17(2)16-26)24(29)25-20-11-13-21(28-3)14-12-20/h5-16H,4H2,1-3H3,(H-,25,27,29)/p+1. The van der Waals surface area contributed by atoms with Crippen LogP contribution in [0.4, 0.5) is 5.69 Å². The Morgan fingerprint density at radius 1 is 1.07 bits per heavy atom. The van der Waals surface area contributed by atoms with Crippen molar-refractivity contribution >= 4 is 34.3 Å². The summed E-state index contributed by atoms with van der Waals surface area (Å²) in [6, 6.07) is 19.3. The molecule has 148 valence electrons. The molecule has 0 aliphatic carbocycles. The summed E-state index contributed by atoms with van der Waals surface area (Å²) in [6.45, 7) is 4.10. The highest BCUT2D eigenvalue weighted by Crippen LogP contribution is 2.21. The van der Waals surface area contributed by atoms with Gasteiger partial charge in [0.25, 0.3) is 5.70 Å². The van der Waals surface area contributed by atoms with Crippen LogP contribution in [0, 0.1) is 6.92 Å². The summed E-state index contributed by atoms with van der Waals surface area (Å²) in [4.78, 5) is 0.419. The minimum atomic E-state index is 0.120. The summed E-state index contributed by atoms with van der Waals surface area (Å²) in [7, 11) is 1.63. The number of hydrogen-bond donors (Lipinski definition) is 2. The number of aliphatic hydroxyl groups is 1. The van der Waals surface area contributed by atoms with E-state index in [1.54, 1.807) is 7.11 Å². The van der Waals surface area contributed by atoms with Gasteiger partial charge in [-0.1, -0.05) is 43.4 Å². The first-order valence-corrected chi connectivity index (χ1v) is 9.89. The molecule has 0 fully saturated rings. The van der Waals surface area contributed by atoms with E-state index in [0.717, 1.165) is 23.4 Å². The van der Waals surface area contributed by atoms with Crippen molar-refractivity contribution in [3.63, 3.8) is 0 Å². The number of aryl methyl sites for hydroxylation is 2. The van der Waals surface area contributed by atoms with Gasteiger partial charge in [-0.05, 0) is 49.2 Å². The fourth-order valence-corrected chi connectivity index (χ4v) is 3.30. The molecule has 0 saturated heterocycles. The normalized spacial score (nSPS) is 11.6. The monoisotopic (exact) mass is 405 g/mol. The molecule has 0 aliphatic heterocycles. The predicted octanol–water partition coefficient (Wildman–Crippen LogP) is 5.18. The molecule has 1 aromatic heterocycles. The third kappa shape index (κ3) is 5.00. The van der Waals surface area contributed by atoms with Crippen LogP contribution in [0.25, 0.3) is 11.5 Å². The Bertz CT molecular complexity index is 1030. The van der Waals surface area contributed by atoms with Gasteiger partial charge in [0.15, 0.2) is 23.1 Å².